The van der Waals surface area contributed by atoms with Crippen LogP contribution in [0.5, 0.6) is 0 Å². The molecule has 1 amide bonds. The maximum absolute atomic E-state index is 13.0. The molecule has 0 aliphatic carbocycles. The third-order valence-electron chi connectivity index (χ3n) is 5.62. The van der Waals surface area contributed by atoms with Gasteiger partial charge in [-0.2, -0.15) is 0 Å². The highest BCUT2D eigenvalue weighted by molar-refractivity contribution is 9.10. The Hall–Kier alpha value is -3.11. The predicted octanol–water partition coefficient (Wildman–Crippen LogP) is 8.11. The highest BCUT2D eigenvalue weighted by atomic mass is 79.9. The molecular weight excluding hydrogens is 448 g/mol. The minimum absolute atomic E-state index is 0.124. The molecule has 0 aliphatic heterocycles. The monoisotopic (exact) mass is 472 g/mol. The average molecular weight is 473 g/mol. The van der Waals surface area contributed by atoms with Crippen molar-refractivity contribution < 1.29 is 4.79 Å². The van der Waals surface area contributed by atoms with Gasteiger partial charge in [0.05, 0.1) is 11.4 Å². The summed E-state index contributed by atoms with van der Waals surface area (Å²) < 4.78 is 1.02. The molecular formula is C27H25BrN2O. The number of anilines is 3. The Labute approximate surface area is 191 Å². The lowest BCUT2D eigenvalue weighted by atomic mass is 9.95. The summed E-state index contributed by atoms with van der Waals surface area (Å²) in [6.07, 6.45) is 1.06. The van der Waals surface area contributed by atoms with E-state index < -0.39 is 0 Å². The molecule has 4 aromatic carbocycles. The van der Waals surface area contributed by atoms with E-state index in [1.54, 1.807) is 0 Å². The number of hydrogen-bond acceptors (Lipinski definition) is 2. The Morgan fingerprint density at radius 1 is 0.935 bits per heavy atom. The Bertz CT molecular complexity index is 1200. The van der Waals surface area contributed by atoms with Crippen LogP contribution in [0.25, 0.3) is 10.8 Å². The predicted molar refractivity (Wildman–Crippen MR) is 134 cm³/mol. The highest BCUT2D eigenvalue weighted by Gasteiger charge is 2.14. The summed E-state index contributed by atoms with van der Waals surface area (Å²) in [5, 5.41) is 8.78. The molecule has 31 heavy (non-hydrogen) atoms. The third kappa shape index (κ3) is 4.80. The van der Waals surface area contributed by atoms with Crippen molar-refractivity contribution in [1.82, 2.24) is 0 Å². The van der Waals surface area contributed by atoms with E-state index >= 15 is 0 Å². The molecule has 3 nitrogen and oxygen atoms in total. The smallest absolute Gasteiger partial charge is 0.255 e. The number of amides is 1. The topological polar surface area (TPSA) is 41.1 Å². The average Bonchev–Trinajstić information content (AvgIpc) is 2.81. The Morgan fingerprint density at radius 3 is 2.35 bits per heavy atom. The van der Waals surface area contributed by atoms with E-state index in [1.165, 1.54) is 5.56 Å². The second kappa shape index (κ2) is 9.36. The largest absolute Gasteiger partial charge is 0.354 e. The van der Waals surface area contributed by atoms with E-state index in [9.17, 15) is 4.79 Å². The molecule has 1 atom stereocenters. The standard InChI is InChI=1S/C27H25BrN2O/c1-3-18(2)21-10-9-19-11-16-25(29-23-14-12-22(28)13-15-23)26(24(19)17-21)30-27(31)20-7-5-4-6-8-20/h4-18,29H,3H2,1-2H3,(H,30,31)/t18-/m0/s1. The zero-order valence-corrected chi connectivity index (χ0v) is 19.2. The van der Waals surface area contributed by atoms with E-state index in [0.29, 0.717) is 11.5 Å². The van der Waals surface area contributed by atoms with E-state index in [1.807, 2.05) is 60.7 Å². The van der Waals surface area contributed by atoms with Crippen molar-refractivity contribution in [3.8, 4) is 0 Å². The van der Waals surface area contributed by atoms with Crippen LogP contribution in [-0.2, 0) is 0 Å². The lowest BCUT2D eigenvalue weighted by molar-refractivity contribution is 0.102. The van der Waals surface area contributed by atoms with Crippen LogP contribution in [0, 0.1) is 0 Å². The molecule has 0 saturated heterocycles. The Morgan fingerprint density at radius 2 is 1.65 bits per heavy atom. The number of halogens is 1. The maximum atomic E-state index is 13.0. The number of carbonyl (C=O) groups is 1. The van der Waals surface area contributed by atoms with E-state index in [2.05, 4.69) is 64.7 Å². The summed E-state index contributed by atoms with van der Waals surface area (Å²) in [7, 11) is 0. The van der Waals surface area contributed by atoms with Gasteiger partial charge < -0.3 is 10.6 Å². The van der Waals surface area contributed by atoms with Gasteiger partial charge >= 0.3 is 0 Å². The van der Waals surface area contributed by atoms with Gasteiger partial charge in [0.1, 0.15) is 0 Å². The van der Waals surface area contributed by atoms with Gasteiger partial charge in [0.15, 0.2) is 0 Å². The van der Waals surface area contributed by atoms with Crippen molar-refractivity contribution in [2.24, 2.45) is 0 Å². The molecule has 0 bridgehead atoms. The molecule has 4 rings (SSSR count). The van der Waals surface area contributed by atoms with Crippen molar-refractivity contribution >= 4 is 49.7 Å². The molecule has 156 valence electrons. The van der Waals surface area contributed by atoms with Gasteiger partial charge in [0, 0.05) is 21.1 Å². The van der Waals surface area contributed by atoms with Gasteiger partial charge in [-0.3, -0.25) is 4.79 Å². The first-order chi connectivity index (χ1) is 15.0. The zero-order chi connectivity index (χ0) is 21.8. The van der Waals surface area contributed by atoms with Crippen molar-refractivity contribution in [3.05, 3.63) is 101 Å². The van der Waals surface area contributed by atoms with Gasteiger partial charge in [-0.1, -0.05) is 66.2 Å². The lowest BCUT2D eigenvalue weighted by Crippen LogP contribution is -2.13. The number of carbonyl (C=O) groups excluding carboxylic acids is 1. The molecule has 0 saturated carbocycles. The van der Waals surface area contributed by atoms with Crippen LogP contribution in [0.4, 0.5) is 17.1 Å². The van der Waals surface area contributed by atoms with Crippen LogP contribution in [0.3, 0.4) is 0 Å². The second-order valence-corrected chi connectivity index (χ2v) is 8.65. The summed E-state index contributed by atoms with van der Waals surface area (Å²) in [6.45, 7) is 4.42. The molecule has 0 fully saturated rings. The van der Waals surface area contributed by atoms with Gasteiger partial charge in [-0.15, -0.1) is 0 Å². The molecule has 0 unspecified atom stereocenters. The number of rotatable bonds is 6. The summed E-state index contributed by atoms with van der Waals surface area (Å²) in [5.74, 6) is 0.325. The number of fused-ring (bicyclic) bond motifs is 1. The van der Waals surface area contributed by atoms with E-state index in [0.717, 1.165) is 38.7 Å². The Balaban J connectivity index is 1.81. The van der Waals surface area contributed by atoms with Crippen LogP contribution in [0.15, 0.2) is 89.4 Å². The number of benzene rings is 4. The van der Waals surface area contributed by atoms with Gasteiger partial charge in [-0.25, -0.2) is 0 Å². The fraction of sp³-hybridized carbons (Fsp3) is 0.148. The molecule has 4 aromatic rings. The first kappa shape index (κ1) is 21.1. The van der Waals surface area contributed by atoms with Crippen LogP contribution in [-0.4, -0.2) is 5.91 Å². The summed E-state index contributed by atoms with van der Waals surface area (Å²) in [6, 6.07) is 27.9. The molecule has 0 radical (unpaired) electrons. The first-order valence-electron chi connectivity index (χ1n) is 10.5. The summed E-state index contributed by atoms with van der Waals surface area (Å²) in [5.41, 5.74) is 4.51. The third-order valence-corrected chi connectivity index (χ3v) is 6.15. The van der Waals surface area contributed by atoms with Gasteiger partial charge in [0.25, 0.3) is 5.91 Å². The summed E-state index contributed by atoms with van der Waals surface area (Å²) >= 11 is 3.48. The first-order valence-corrected chi connectivity index (χ1v) is 11.3. The van der Waals surface area contributed by atoms with Crippen LogP contribution in [0.1, 0.15) is 42.1 Å². The zero-order valence-electron chi connectivity index (χ0n) is 17.7. The van der Waals surface area contributed by atoms with E-state index in [-0.39, 0.29) is 5.91 Å². The van der Waals surface area contributed by atoms with Gasteiger partial charge in [0.2, 0.25) is 0 Å². The van der Waals surface area contributed by atoms with Crippen molar-refractivity contribution in [3.63, 3.8) is 0 Å². The molecule has 4 heteroatoms. The summed E-state index contributed by atoms with van der Waals surface area (Å²) in [4.78, 5) is 13.0. The fourth-order valence-electron chi connectivity index (χ4n) is 3.58. The minimum atomic E-state index is -0.124. The van der Waals surface area contributed by atoms with Crippen molar-refractivity contribution in [2.45, 2.75) is 26.2 Å². The molecule has 0 spiro atoms. The van der Waals surface area contributed by atoms with Crippen molar-refractivity contribution in [1.29, 1.82) is 0 Å². The molecule has 2 N–H and O–H groups in total. The normalized spacial score (nSPS) is 11.8. The fourth-order valence-corrected chi connectivity index (χ4v) is 3.85. The molecule has 0 aliphatic rings. The van der Waals surface area contributed by atoms with Crippen LogP contribution >= 0.6 is 15.9 Å². The van der Waals surface area contributed by atoms with Crippen molar-refractivity contribution in [2.75, 3.05) is 10.6 Å². The van der Waals surface area contributed by atoms with Gasteiger partial charge in [-0.05, 0) is 71.8 Å². The second-order valence-electron chi connectivity index (χ2n) is 7.73. The van der Waals surface area contributed by atoms with E-state index in [4.69, 9.17) is 0 Å². The maximum Gasteiger partial charge on any atom is 0.255 e. The van der Waals surface area contributed by atoms with Crippen LogP contribution in [0.2, 0.25) is 0 Å². The van der Waals surface area contributed by atoms with Crippen LogP contribution < -0.4 is 10.6 Å². The molecule has 0 heterocycles. The molecule has 0 aromatic heterocycles. The Kier molecular flexibility index (Phi) is 6.38. The number of nitrogens with one attached hydrogen (secondary N) is 2. The highest BCUT2D eigenvalue weighted by Crippen LogP contribution is 2.36. The minimum Gasteiger partial charge on any atom is -0.354 e. The lowest BCUT2D eigenvalue weighted by Gasteiger charge is -2.18. The SMILES string of the molecule is CC[C@H](C)c1ccc2ccc(Nc3ccc(Br)cc3)c(NC(=O)c3ccccc3)c2c1. The number of hydrogen-bond donors (Lipinski definition) is 2. The quantitative estimate of drug-likeness (QED) is 0.297.